The van der Waals surface area contributed by atoms with Crippen molar-refractivity contribution in [2.75, 3.05) is 46.5 Å². The Morgan fingerprint density at radius 2 is 1.34 bits per heavy atom. The number of hydrogen-bond acceptors (Lipinski definition) is 11. The Morgan fingerprint density at radius 3 is 1.97 bits per heavy atom. The van der Waals surface area contributed by atoms with Crippen molar-refractivity contribution in [2.24, 2.45) is 0 Å². The number of aliphatic hydroxyl groups is 1. The first-order valence-corrected chi connectivity index (χ1v) is 21.2. The molecule has 3 atom stereocenters. The van der Waals surface area contributed by atoms with Crippen LogP contribution in [0.25, 0.3) is 0 Å². The summed E-state index contributed by atoms with van der Waals surface area (Å²) in [5.41, 5.74) is 7.77. The maximum atomic E-state index is 14.0. The van der Waals surface area contributed by atoms with Gasteiger partial charge in [0.05, 0.1) is 48.8 Å². The van der Waals surface area contributed by atoms with Gasteiger partial charge in [-0.2, -0.15) is 12.6 Å². The van der Waals surface area contributed by atoms with Crippen LogP contribution < -0.4 is 44.7 Å². The average Bonchev–Trinajstić information content (AvgIpc) is 3.78. The molecular weight excluding hydrogens is 807 g/mol. The lowest BCUT2D eigenvalue weighted by molar-refractivity contribution is -0.116. The van der Waals surface area contributed by atoms with Crippen molar-refractivity contribution < 1.29 is 38.4 Å². The lowest BCUT2D eigenvalue weighted by Gasteiger charge is -2.26. The van der Waals surface area contributed by atoms with Gasteiger partial charge >= 0.3 is 0 Å². The molecule has 0 saturated heterocycles. The fraction of sp³-hybridized carbons (Fsp3) is 0.312. The minimum Gasteiger partial charge on any atom is -0.493 e. The van der Waals surface area contributed by atoms with Crippen LogP contribution in [0.2, 0.25) is 0 Å². The number of nitrogens with zero attached hydrogens (tertiary/aromatic N) is 2. The standard InChI is InChI=1S/C48H49N5O8S/c1-48(2,62)14-13-44(54)50-31-16-27(25-60-42-22-35-33(20-40(42)58-3)46(56)52-32(24-49-35)18-29-9-5-7-11-37(29)52)15-28(17-31)26-61-43-23-36-34(21-41(43)59-4)47(57)53-38-12-8-6-10-30(38)19-39(53)45(55)51-36/h5-12,15-17,20-23,32,39,45,49,51,55,62H,13-14,18-19,24-26H2,1-4H3,(H,50,54)/t32-,39?,45+/m0/s1. The Bertz CT molecular complexity index is 2590. The van der Waals surface area contributed by atoms with E-state index in [2.05, 4.69) is 34.6 Å². The van der Waals surface area contributed by atoms with Crippen LogP contribution in [-0.2, 0) is 30.8 Å². The van der Waals surface area contributed by atoms with Gasteiger partial charge in [0.1, 0.15) is 19.4 Å². The molecule has 14 heteroatoms. The van der Waals surface area contributed by atoms with E-state index in [9.17, 15) is 19.5 Å². The number of carbonyl (C=O) groups excluding carboxylic acids is 3. The van der Waals surface area contributed by atoms with E-state index in [-0.39, 0.29) is 48.1 Å². The molecule has 62 heavy (non-hydrogen) atoms. The van der Waals surface area contributed by atoms with Crippen molar-refractivity contribution in [1.82, 2.24) is 0 Å². The largest absolute Gasteiger partial charge is 0.493 e. The van der Waals surface area contributed by atoms with Gasteiger partial charge in [0.15, 0.2) is 23.0 Å². The maximum Gasteiger partial charge on any atom is 0.260 e. The number of rotatable bonds is 12. The first kappa shape index (κ1) is 41.0. The molecule has 0 saturated carbocycles. The number of aliphatic hydroxyl groups excluding tert-OH is 1. The molecule has 320 valence electrons. The average molecular weight is 856 g/mol. The van der Waals surface area contributed by atoms with E-state index in [0.717, 1.165) is 40.0 Å². The predicted molar refractivity (Wildman–Crippen MR) is 242 cm³/mol. The van der Waals surface area contributed by atoms with Crippen LogP contribution in [0.1, 0.15) is 69.7 Å². The number of methoxy groups -OCH3 is 2. The van der Waals surface area contributed by atoms with E-state index < -0.39 is 12.3 Å². The van der Waals surface area contributed by atoms with Gasteiger partial charge in [-0.15, -0.1) is 0 Å². The number of fused-ring (bicyclic) bond motifs is 8. The van der Waals surface area contributed by atoms with E-state index in [1.807, 2.05) is 79.4 Å². The van der Waals surface area contributed by atoms with E-state index >= 15 is 0 Å². The van der Waals surface area contributed by atoms with Gasteiger partial charge < -0.3 is 49.8 Å². The zero-order valence-electron chi connectivity index (χ0n) is 35.0. The van der Waals surface area contributed by atoms with Crippen LogP contribution in [0, 0.1) is 0 Å². The molecular formula is C48H49N5O8S. The minimum absolute atomic E-state index is 0.0212. The molecule has 0 aliphatic carbocycles. The van der Waals surface area contributed by atoms with Crippen LogP contribution in [-0.4, -0.2) is 66.7 Å². The molecule has 0 bridgehead atoms. The number of ether oxygens (including phenoxy) is 4. The molecule has 13 nitrogen and oxygen atoms in total. The first-order chi connectivity index (χ1) is 29.9. The molecule has 5 aromatic carbocycles. The van der Waals surface area contributed by atoms with E-state index in [1.54, 1.807) is 36.3 Å². The van der Waals surface area contributed by atoms with Gasteiger partial charge in [-0.1, -0.05) is 50.2 Å². The van der Waals surface area contributed by atoms with Gasteiger partial charge in [0.2, 0.25) is 5.91 Å². The van der Waals surface area contributed by atoms with Crippen LogP contribution >= 0.6 is 12.6 Å². The summed E-state index contributed by atoms with van der Waals surface area (Å²) < 4.78 is 24.0. The molecule has 5 aromatic rings. The van der Waals surface area contributed by atoms with Gasteiger partial charge in [0.25, 0.3) is 11.8 Å². The molecule has 0 aromatic heterocycles. The number of para-hydroxylation sites is 2. The monoisotopic (exact) mass is 855 g/mol. The van der Waals surface area contributed by atoms with Gasteiger partial charge in [-0.3, -0.25) is 14.4 Å². The lowest BCUT2D eigenvalue weighted by atomic mass is 10.1. The zero-order valence-corrected chi connectivity index (χ0v) is 35.9. The normalized spacial score (nSPS) is 18.4. The SMILES string of the molecule is COc1cc2c(cc1OCc1cc(COc3cc4c(cc3OC)C(=O)N3c5ccccc5C[C@H]3CN4)cc(NC(=O)CCC(C)(C)S)c1)N[C@H](O)C1Cc3ccccc3N1C2=O. The van der Waals surface area contributed by atoms with E-state index in [1.165, 1.54) is 7.11 Å². The first-order valence-electron chi connectivity index (χ1n) is 20.7. The molecule has 4 aliphatic heterocycles. The van der Waals surface area contributed by atoms with Crippen molar-refractivity contribution in [2.45, 2.75) is 75.8 Å². The van der Waals surface area contributed by atoms with E-state index in [0.29, 0.717) is 70.6 Å². The molecule has 4 aliphatic rings. The smallest absolute Gasteiger partial charge is 0.260 e. The molecule has 0 fully saturated rings. The number of carbonyl (C=O) groups is 3. The number of benzene rings is 5. The fourth-order valence-electron chi connectivity index (χ4n) is 8.82. The second kappa shape index (κ2) is 16.5. The second-order valence-corrected chi connectivity index (χ2v) is 18.0. The summed E-state index contributed by atoms with van der Waals surface area (Å²) in [6.45, 7) is 4.66. The predicted octanol–water partition coefficient (Wildman–Crippen LogP) is 7.60. The molecule has 4 N–H and O–H groups in total. The highest BCUT2D eigenvalue weighted by atomic mass is 32.1. The van der Waals surface area contributed by atoms with Crippen molar-refractivity contribution in [3.8, 4) is 23.0 Å². The quantitative estimate of drug-likeness (QED) is 0.0795. The second-order valence-electron chi connectivity index (χ2n) is 16.8. The summed E-state index contributed by atoms with van der Waals surface area (Å²) in [4.78, 5) is 44.7. The Balaban J connectivity index is 0.972. The van der Waals surface area contributed by atoms with Crippen molar-refractivity contribution in [1.29, 1.82) is 0 Å². The van der Waals surface area contributed by atoms with Gasteiger partial charge in [-0.25, -0.2) is 0 Å². The number of hydrogen-bond donors (Lipinski definition) is 5. The van der Waals surface area contributed by atoms with Crippen molar-refractivity contribution in [3.63, 3.8) is 0 Å². The van der Waals surface area contributed by atoms with Crippen molar-refractivity contribution in [3.05, 3.63) is 124 Å². The summed E-state index contributed by atoms with van der Waals surface area (Å²) in [7, 11) is 3.05. The van der Waals surface area contributed by atoms with Crippen LogP contribution in [0.15, 0.2) is 91.0 Å². The van der Waals surface area contributed by atoms with Crippen LogP contribution in [0.4, 0.5) is 28.4 Å². The highest BCUT2D eigenvalue weighted by molar-refractivity contribution is 7.81. The third kappa shape index (κ3) is 7.95. The van der Waals surface area contributed by atoms with Crippen LogP contribution in [0.3, 0.4) is 0 Å². The Labute approximate surface area is 365 Å². The summed E-state index contributed by atoms with van der Waals surface area (Å²) in [6, 6.07) is 27.6. The topological polar surface area (TPSA) is 151 Å². The summed E-state index contributed by atoms with van der Waals surface area (Å²) in [5, 5.41) is 21.0. The summed E-state index contributed by atoms with van der Waals surface area (Å²) >= 11 is 4.59. The zero-order chi connectivity index (χ0) is 43.3. The Morgan fingerprint density at radius 1 is 0.774 bits per heavy atom. The summed E-state index contributed by atoms with van der Waals surface area (Å²) in [5.74, 6) is 1.03. The number of nitrogens with one attached hydrogen (secondary N) is 3. The van der Waals surface area contributed by atoms with Crippen molar-refractivity contribution >= 4 is 58.8 Å². The Kier molecular flexibility index (Phi) is 10.9. The molecule has 3 amide bonds. The molecule has 0 spiro atoms. The van der Waals surface area contributed by atoms with Gasteiger partial charge in [-0.05, 0) is 84.0 Å². The number of amides is 3. The van der Waals surface area contributed by atoms with E-state index in [4.69, 9.17) is 18.9 Å². The summed E-state index contributed by atoms with van der Waals surface area (Å²) in [6.07, 6.45) is 1.10. The molecule has 4 heterocycles. The number of thiol groups is 1. The van der Waals surface area contributed by atoms with Crippen LogP contribution in [0.5, 0.6) is 23.0 Å². The highest BCUT2D eigenvalue weighted by Crippen LogP contribution is 2.43. The lowest BCUT2D eigenvalue weighted by Crippen LogP contribution is -2.45. The minimum atomic E-state index is -1.03. The maximum absolute atomic E-state index is 14.0. The fourth-order valence-corrected chi connectivity index (χ4v) is 8.93. The molecule has 1 unspecified atom stereocenters. The Hall–Kier alpha value is -6.38. The molecule has 0 radical (unpaired) electrons. The molecule has 9 rings (SSSR count). The third-order valence-electron chi connectivity index (χ3n) is 11.9. The van der Waals surface area contributed by atoms with Gasteiger partial charge in [0, 0.05) is 46.9 Å². The third-order valence-corrected chi connectivity index (χ3v) is 12.1. The highest BCUT2D eigenvalue weighted by Gasteiger charge is 2.42. The number of anilines is 5.